The zero-order chi connectivity index (χ0) is 63.7. The van der Waals surface area contributed by atoms with Gasteiger partial charge in [0.2, 0.25) is 0 Å². The highest BCUT2D eigenvalue weighted by Crippen LogP contribution is 2.55. The number of aryl methyl sites for hydroxylation is 2. The lowest BCUT2D eigenvalue weighted by Gasteiger charge is -2.49. The molecule has 0 saturated heterocycles. The van der Waals surface area contributed by atoms with E-state index in [0.29, 0.717) is 17.3 Å². The first-order valence-corrected chi connectivity index (χ1v) is 35.4. The zero-order valence-corrected chi connectivity index (χ0v) is 56.1. The molecule has 468 valence electrons. The molecule has 1 saturated carbocycles. The predicted molar refractivity (Wildman–Crippen MR) is 403 cm³/mol. The van der Waals surface area contributed by atoms with Gasteiger partial charge in [0.05, 0.1) is 0 Å². The lowest BCUT2D eigenvalue weighted by atomic mass is 9.56. The Kier molecular flexibility index (Phi) is 19.5. The Bertz CT molecular complexity index is 4360. The molecule has 2 aliphatic rings. The van der Waals surface area contributed by atoms with Crippen LogP contribution in [0.2, 0.25) is 0 Å². The van der Waals surface area contributed by atoms with Crippen LogP contribution in [-0.4, -0.2) is 0 Å². The van der Waals surface area contributed by atoms with Gasteiger partial charge in [-0.15, -0.1) is 0 Å². The van der Waals surface area contributed by atoms with E-state index in [9.17, 15) is 0 Å². The fraction of sp³-hybridized carbons (Fsp3) is 0.275. The summed E-state index contributed by atoms with van der Waals surface area (Å²) in [4.78, 5) is 4.92. The second kappa shape index (κ2) is 28.9. The molecule has 1 unspecified atom stereocenters. The molecule has 0 radical (unpaired) electrons. The van der Waals surface area contributed by atoms with Crippen LogP contribution in [0.25, 0.3) is 77.2 Å². The van der Waals surface area contributed by atoms with E-state index in [4.69, 9.17) is 0 Å². The van der Waals surface area contributed by atoms with Crippen molar-refractivity contribution in [1.82, 2.24) is 0 Å². The van der Waals surface area contributed by atoms with Crippen LogP contribution in [0.5, 0.6) is 0 Å². The molecule has 1 atom stereocenters. The van der Waals surface area contributed by atoms with Gasteiger partial charge in [0, 0.05) is 34.1 Å². The monoisotopic (exact) mass is 1210 g/mol. The molecular formula is C91H94N2. The molecule has 0 heterocycles. The van der Waals surface area contributed by atoms with E-state index in [-0.39, 0.29) is 0 Å². The minimum Gasteiger partial charge on any atom is -0.311 e. The molecule has 2 nitrogen and oxygen atoms in total. The topological polar surface area (TPSA) is 6.48 Å². The van der Waals surface area contributed by atoms with Gasteiger partial charge in [-0.1, -0.05) is 287 Å². The van der Waals surface area contributed by atoms with Gasteiger partial charge in [-0.3, -0.25) is 0 Å². The number of hydrogen-bond acceptors (Lipinski definition) is 2. The third kappa shape index (κ3) is 13.8. The summed E-state index contributed by atoms with van der Waals surface area (Å²) >= 11 is 0. The fourth-order valence-electron chi connectivity index (χ4n) is 15.3. The van der Waals surface area contributed by atoms with Crippen LogP contribution in [0.15, 0.2) is 266 Å². The van der Waals surface area contributed by atoms with E-state index in [1.54, 1.807) is 5.57 Å². The SMILES string of the molecule is CCCCCCCCc1cc(-c2ccc(N(C3=CCC4C(=C3)CC4(C)C)c3ccc(-c4ccccc4)cc3)cc2)c2ccccc2c1-c1c(CCCCCCCC)cc(-c2ccc(N(c3ccc(-c4ccccc4)cc3)c3ccc(C(C)C)cc3)cc2)c2ccccc12. The molecule has 2 aliphatic carbocycles. The van der Waals surface area contributed by atoms with Gasteiger partial charge in [-0.25, -0.2) is 0 Å². The van der Waals surface area contributed by atoms with Crippen molar-refractivity contribution in [1.29, 1.82) is 0 Å². The summed E-state index contributed by atoms with van der Waals surface area (Å²) < 4.78 is 0. The zero-order valence-electron chi connectivity index (χ0n) is 56.1. The van der Waals surface area contributed by atoms with E-state index in [2.05, 4.69) is 306 Å². The molecule has 0 aliphatic heterocycles. The molecule has 0 bridgehead atoms. The maximum absolute atomic E-state index is 2.62. The summed E-state index contributed by atoms with van der Waals surface area (Å²) in [6.07, 6.45) is 24.4. The van der Waals surface area contributed by atoms with Gasteiger partial charge >= 0.3 is 0 Å². The Morgan fingerprint density at radius 3 is 1.13 bits per heavy atom. The van der Waals surface area contributed by atoms with Gasteiger partial charge in [0.25, 0.3) is 0 Å². The molecule has 0 aromatic heterocycles. The number of allylic oxidation sites excluding steroid dienone is 3. The van der Waals surface area contributed by atoms with E-state index < -0.39 is 0 Å². The second-order valence-corrected chi connectivity index (χ2v) is 27.7. The maximum Gasteiger partial charge on any atom is 0.0462 e. The summed E-state index contributed by atoms with van der Waals surface area (Å²) in [7, 11) is 0. The number of anilines is 5. The molecule has 0 N–H and O–H groups in total. The van der Waals surface area contributed by atoms with Crippen molar-refractivity contribution in [3.63, 3.8) is 0 Å². The van der Waals surface area contributed by atoms with Crippen molar-refractivity contribution < 1.29 is 0 Å². The molecule has 13 rings (SSSR count). The molecule has 11 aromatic rings. The van der Waals surface area contributed by atoms with Crippen molar-refractivity contribution in [2.45, 2.75) is 150 Å². The summed E-state index contributed by atoms with van der Waals surface area (Å²) in [5, 5.41) is 5.31. The van der Waals surface area contributed by atoms with Crippen molar-refractivity contribution in [3.8, 4) is 55.6 Å². The van der Waals surface area contributed by atoms with Gasteiger partial charge in [-0.05, 0) is 229 Å². The van der Waals surface area contributed by atoms with Crippen molar-refractivity contribution in [2.24, 2.45) is 11.3 Å². The first-order valence-electron chi connectivity index (χ1n) is 35.4. The molecule has 11 aromatic carbocycles. The minimum atomic E-state index is 0.354. The number of fused-ring (bicyclic) bond motifs is 3. The molecule has 0 amide bonds. The third-order valence-electron chi connectivity index (χ3n) is 20.5. The first kappa shape index (κ1) is 62.8. The van der Waals surface area contributed by atoms with Crippen LogP contribution in [-0.2, 0) is 12.8 Å². The van der Waals surface area contributed by atoms with Crippen molar-refractivity contribution in [2.75, 3.05) is 9.80 Å². The fourth-order valence-corrected chi connectivity index (χ4v) is 15.3. The van der Waals surface area contributed by atoms with Gasteiger partial charge in [0.1, 0.15) is 0 Å². The average Bonchev–Trinajstić information content (AvgIpc) is 0.753. The Labute approximate surface area is 556 Å². The Hall–Kier alpha value is -8.98. The van der Waals surface area contributed by atoms with E-state index in [1.165, 1.54) is 182 Å². The van der Waals surface area contributed by atoms with Crippen LogP contribution < -0.4 is 9.80 Å². The lowest BCUT2D eigenvalue weighted by molar-refractivity contribution is 0.154. The van der Waals surface area contributed by atoms with Crippen LogP contribution in [0.4, 0.5) is 28.4 Å². The number of hydrogen-bond donors (Lipinski definition) is 0. The van der Waals surface area contributed by atoms with Crippen LogP contribution >= 0.6 is 0 Å². The predicted octanol–water partition coefficient (Wildman–Crippen LogP) is 27.1. The highest BCUT2D eigenvalue weighted by molar-refractivity contribution is 6.14. The minimum absolute atomic E-state index is 0.354. The van der Waals surface area contributed by atoms with Crippen molar-refractivity contribution >= 4 is 50.0 Å². The number of rotatable bonds is 26. The van der Waals surface area contributed by atoms with E-state index in [0.717, 1.165) is 49.2 Å². The van der Waals surface area contributed by atoms with Gasteiger partial charge in [-0.2, -0.15) is 0 Å². The van der Waals surface area contributed by atoms with Crippen molar-refractivity contribution in [3.05, 3.63) is 283 Å². The highest BCUT2D eigenvalue weighted by atomic mass is 15.2. The molecule has 0 spiro atoms. The quantitative estimate of drug-likeness (QED) is 0.0499. The highest BCUT2D eigenvalue weighted by Gasteiger charge is 2.43. The lowest BCUT2D eigenvalue weighted by Crippen LogP contribution is -2.39. The third-order valence-corrected chi connectivity index (χ3v) is 20.5. The Morgan fingerprint density at radius 2 is 0.731 bits per heavy atom. The summed E-state index contributed by atoms with van der Waals surface area (Å²) in [6, 6.07) is 92.0. The molecule has 1 fully saturated rings. The standard InChI is InChI=1S/C91H94N2/c1-7-9-11-13-15-19-33-73-62-86(71-45-55-78(56-46-71)92(76-49-39-66(40-50-76)65(3)4)77-51-41-69(42-52-77)67-29-21-17-22-30-67)82-35-25-27-37-84(82)89(73)90-74(34-20-16-14-12-10-8-2)63-87(83-36-26-28-38-85(83)90)72-47-57-80(58-48-72)93(81-59-60-88-75(61-81)64-91(88,5)6)79-53-43-70(44-54-79)68-31-23-18-24-32-68/h17-18,21-32,35-59,61-63,65,88H,7-16,19-20,33-34,60,64H2,1-6H3. The normalized spacial score (nSPS) is 14.2. The Morgan fingerprint density at radius 1 is 0.376 bits per heavy atom. The van der Waals surface area contributed by atoms with Crippen LogP contribution in [0.3, 0.4) is 0 Å². The average molecular weight is 1220 g/mol. The first-order chi connectivity index (χ1) is 45.6. The van der Waals surface area contributed by atoms with E-state index >= 15 is 0 Å². The number of unbranched alkanes of at least 4 members (excludes halogenated alkanes) is 10. The molecule has 2 heteroatoms. The van der Waals surface area contributed by atoms with Gasteiger partial charge in [0.15, 0.2) is 0 Å². The number of benzene rings is 11. The van der Waals surface area contributed by atoms with Crippen LogP contribution in [0.1, 0.15) is 154 Å². The molecular weight excluding hydrogens is 1120 g/mol. The summed E-state index contributed by atoms with van der Waals surface area (Å²) in [5.74, 6) is 1.08. The Balaban J connectivity index is 0.913. The molecule has 93 heavy (non-hydrogen) atoms. The van der Waals surface area contributed by atoms with Gasteiger partial charge < -0.3 is 9.80 Å². The smallest absolute Gasteiger partial charge is 0.0462 e. The van der Waals surface area contributed by atoms with Crippen LogP contribution in [0, 0.1) is 11.3 Å². The maximum atomic E-state index is 2.62. The summed E-state index contributed by atoms with van der Waals surface area (Å²) in [6.45, 7) is 14.1. The number of nitrogens with zero attached hydrogens (tertiary/aromatic N) is 2. The van der Waals surface area contributed by atoms with E-state index in [1.807, 2.05) is 0 Å². The second-order valence-electron chi connectivity index (χ2n) is 27.7. The largest absolute Gasteiger partial charge is 0.311 e. The summed E-state index contributed by atoms with van der Waals surface area (Å²) in [5.41, 5.74) is 26.1.